The average molecular weight is 288 g/mol. The Morgan fingerprint density at radius 3 is 2.76 bits per heavy atom. The van der Waals surface area contributed by atoms with Crippen molar-refractivity contribution in [1.82, 2.24) is 19.5 Å². The number of ether oxygens (including phenoxy) is 1. The van der Waals surface area contributed by atoms with Crippen LogP contribution in [0, 0.1) is 0 Å². The van der Waals surface area contributed by atoms with E-state index in [0.717, 1.165) is 25.5 Å². The Kier molecular flexibility index (Phi) is 4.15. The minimum atomic E-state index is -0.380. The highest BCUT2D eigenvalue weighted by Crippen LogP contribution is 2.14. The van der Waals surface area contributed by atoms with E-state index < -0.39 is 0 Å². The van der Waals surface area contributed by atoms with Gasteiger partial charge in [-0.25, -0.2) is 14.3 Å². The maximum Gasteiger partial charge on any atom is 0.341 e. The molecule has 3 rings (SSSR count). The van der Waals surface area contributed by atoms with Gasteiger partial charge in [0.05, 0.1) is 13.7 Å². The van der Waals surface area contributed by atoms with Gasteiger partial charge in [0.2, 0.25) is 0 Å². The van der Waals surface area contributed by atoms with Crippen LogP contribution in [0.1, 0.15) is 41.9 Å². The summed E-state index contributed by atoms with van der Waals surface area (Å²) in [5.41, 5.74) is 1.02. The molecule has 0 atom stereocenters. The lowest BCUT2D eigenvalue weighted by atomic mass is 10.2. The molecule has 3 heterocycles. The molecule has 21 heavy (non-hydrogen) atoms. The van der Waals surface area contributed by atoms with Gasteiger partial charge in [-0.15, -0.1) is 5.10 Å². The molecule has 0 spiro atoms. The van der Waals surface area contributed by atoms with Crippen molar-refractivity contribution in [2.24, 2.45) is 0 Å². The lowest BCUT2D eigenvalue weighted by Gasteiger charge is -2.17. The summed E-state index contributed by atoms with van der Waals surface area (Å²) >= 11 is 0. The Morgan fingerprint density at radius 1 is 1.29 bits per heavy atom. The van der Waals surface area contributed by atoms with E-state index in [4.69, 9.17) is 4.74 Å². The molecule has 0 bridgehead atoms. The first-order chi connectivity index (χ1) is 10.3. The predicted molar refractivity (Wildman–Crippen MR) is 78.1 cm³/mol. The lowest BCUT2D eigenvalue weighted by Crippen LogP contribution is -2.24. The van der Waals surface area contributed by atoms with Crippen LogP contribution in [0.25, 0.3) is 5.65 Å². The second-order valence-electron chi connectivity index (χ2n) is 5.40. The van der Waals surface area contributed by atoms with Gasteiger partial charge in [-0.05, 0) is 38.1 Å². The molecular formula is C15H20N4O2. The van der Waals surface area contributed by atoms with E-state index in [0.29, 0.717) is 11.2 Å². The third kappa shape index (κ3) is 3.05. The second-order valence-corrected chi connectivity index (χ2v) is 5.40. The zero-order valence-corrected chi connectivity index (χ0v) is 12.3. The Labute approximate surface area is 123 Å². The number of carbonyl (C=O) groups is 1. The van der Waals surface area contributed by atoms with Crippen molar-refractivity contribution in [1.29, 1.82) is 0 Å². The molecule has 1 aliphatic rings. The molecule has 0 radical (unpaired) electrons. The van der Waals surface area contributed by atoms with E-state index in [2.05, 4.69) is 15.0 Å². The number of likely N-dealkylation sites (tertiary alicyclic amines) is 1. The van der Waals surface area contributed by atoms with Gasteiger partial charge in [-0.1, -0.05) is 12.8 Å². The Morgan fingerprint density at radius 2 is 2.05 bits per heavy atom. The quantitative estimate of drug-likeness (QED) is 0.807. The van der Waals surface area contributed by atoms with Crippen molar-refractivity contribution in [3.63, 3.8) is 0 Å². The molecule has 0 amide bonds. The fourth-order valence-electron chi connectivity index (χ4n) is 2.78. The third-order valence-corrected chi connectivity index (χ3v) is 3.88. The Balaban J connectivity index is 1.85. The summed E-state index contributed by atoms with van der Waals surface area (Å²) in [6.07, 6.45) is 6.89. The van der Waals surface area contributed by atoms with Gasteiger partial charge >= 0.3 is 5.97 Å². The van der Waals surface area contributed by atoms with Crippen LogP contribution >= 0.6 is 0 Å². The summed E-state index contributed by atoms with van der Waals surface area (Å²) in [4.78, 5) is 18.7. The smallest absolute Gasteiger partial charge is 0.341 e. The molecule has 112 valence electrons. The minimum Gasteiger partial charge on any atom is -0.465 e. The van der Waals surface area contributed by atoms with Crippen molar-refractivity contribution in [3.05, 3.63) is 29.7 Å². The van der Waals surface area contributed by atoms with Gasteiger partial charge < -0.3 is 4.74 Å². The topological polar surface area (TPSA) is 59.7 Å². The zero-order chi connectivity index (χ0) is 14.7. The van der Waals surface area contributed by atoms with Crippen LogP contribution in [0.2, 0.25) is 0 Å². The van der Waals surface area contributed by atoms with E-state index in [9.17, 15) is 4.79 Å². The van der Waals surface area contributed by atoms with E-state index in [-0.39, 0.29) is 5.97 Å². The lowest BCUT2D eigenvalue weighted by molar-refractivity contribution is 0.0602. The van der Waals surface area contributed by atoms with Crippen LogP contribution in [0.3, 0.4) is 0 Å². The largest absolute Gasteiger partial charge is 0.465 e. The van der Waals surface area contributed by atoms with Crippen molar-refractivity contribution in [2.75, 3.05) is 20.2 Å². The fraction of sp³-hybridized carbons (Fsp3) is 0.533. The first-order valence-electron chi connectivity index (χ1n) is 7.43. The number of methoxy groups -OCH3 is 1. The van der Waals surface area contributed by atoms with Crippen LogP contribution in [0.5, 0.6) is 0 Å². The van der Waals surface area contributed by atoms with Gasteiger partial charge in [-0.2, -0.15) is 0 Å². The summed E-state index contributed by atoms with van der Waals surface area (Å²) in [7, 11) is 1.38. The number of carbonyl (C=O) groups excluding carboxylic acids is 1. The average Bonchev–Trinajstić information content (AvgIpc) is 2.73. The van der Waals surface area contributed by atoms with Gasteiger partial charge in [-0.3, -0.25) is 4.90 Å². The molecule has 2 aromatic rings. The van der Waals surface area contributed by atoms with Crippen molar-refractivity contribution < 1.29 is 9.53 Å². The molecule has 1 fully saturated rings. The molecule has 0 unspecified atom stereocenters. The van der Waals surface area contributed by atoms with Gasteiger partial charge in [0.15, 0.2) is 11.5 Å². The predicted octanol–water partition coefficient (Wildman–Crippen LogP) is 1.89. The van der Waals surface area contributed by atoms with E-state index in [1.165, 1.54) is 32.8 Å². The van der Waals surface area contributed by atoms with Gasteiger partial charge in [0.25, 0.3) is 0 Å². The summed E-state index contributed by atoms with van der Waals surface area (Å²) in [5, 5.41) is 4.47. The maximum absolute atomic E-state index is 11.8. The molecule has 2 aromatic heterocycles. The summed E-state index contributed by atoms with van der Waals surface area (Å²) in [6.45, 7) is 2.93. The van der Waals surface area contributed by atoms with Crippen molar-refractivity contribution in [2.45, 2.75) is 32.2 Å². The number of hydrogen-bond acceptors (Lipinski definition) is 5. The normalized spacial score (nSPS) is 16.8. The SMILES string of the molecule is COC(=O)c1cccn2nc(CN3CCCCCC3)nc12. The molecule has 0 aromatic carbocycles. The number of fused-ring (bicyclic) bond motifs is 1. The molecule has 6 heteroatoms. The summed E-state index contributed by atoms with van der Waals surface area (Å²) in [5.74, 6) is 0.377. The maximum atomic E-state index is 11.8. The molecule has 0 N–H and O–H groups in total. The summed E-state index contributed by atoms with van der Waals surface area (Å²) < 4.78 is 6.44. The number of nitrogens with zero attached hydrogens (tertiary/aromatic N) is 4. The highest BCUT2D eigenvalue weighted by Gasteiger charge is 2.16. The monoisotopic (exact) mass is 288 g/mol. The second kappa shape index (κ2) is 6.22. The molecule has 0 aliphatic carbocycles. The van der Waals surface area contributed by atoms with Crippen LogP contribution in [0.15, 0.2) is 18.3 Å². The highest BCUT2D eigenvalue weighted by atomic mass is 16.5. The first kappa shape index (κ1) is 14.0. The molecule has 6 nitrogen and oxygen atoms in total. The Bertz CT molecular complexity index is 630. The van der Waals surface area contributed by atoms with Gasteiger partial charge in [0, 0.05) is 6.20 Å². The third-order valence-electron chi connectivity index (χ3n) is 3.88. The van der Waals surface area contributed by atoms with Crippen molar-refractivity contribution in [3.8, 4) is 0 Å². The van der Waals surface area contributed by atoms with Crippen LogP contribution < -0.4 is 0 Å². The van der Waals surface area contributed by atoms with Crippen LogP contribution in [-0.2, 0) is 11.3 Å². The number of rotatable bonds is 3. The van der Waals surface area contributed by atoms with E-state index in [1.54, 1.807) is 22.8 Å². The van der Waals surface area contributed by atoms with E-state index in [1.807, 2.05) is 0 Å². The number of pyridine rings is 1. The first-order valence-corrected chi connectivity index (χ1v) is 7.43. The van der Waals surface area contributed by atoms with E-state index >= 15 is 0 Å². The number of esters is 1. The Hall–Kier alpha value is -1.95. The van der Waals surface area contributed by atoms with Crippen LogP contribution in [0.4, 0.5) is 0 Å². The summed E-state index contributed by atoms with van der Waals surface area (Å²) in [6, 6.07) is 3.50. The molecule has 1 saturated heterocycles. The standard InChI is InChI=1S/C15H20N4O2/c1-21-15(20)12-7-6-10-19-14(12)16-13(17-19)11-18-8-4-2-3-5-9-18/h6-7,10H,2-5,8-9,11H2,1H3. The highest BCUT2D eigenvalue weighted by molar-refractivity contribution is 5.95. The molecular weight excluding hydrogens is 268 g/mol. The van der Waals surface area contributed by atoms with Crippen molar-refractivity contribution >= 4 is 11.6 Å². The number of aromatic nitrogens is 3. The van der Waals surface area contributed by atoms with Gasteiger partial charge in [0.1, 0.15) is 5.56 Å². The minimum absolute atomic E-state index is 0.380. The molecule has 0 saturated carbocycles. The molecule has 1 aliphatic heterocycles. The number of hydrogen-bond donors (Lipinski definition) is 0. The fourth-order valence-corrected chi connectivity index (χ4v) is 2.78. The zero-order valence-electron chi connectivity index (χ0n) is 12.3. The van der Waals surface area contributed by atoms with Crippen LogP contribution in [-0.4, -0.2) is 45.7 Å².